The number of nitro groups is 1. The van der Waals surface area contributed by atoms with E-state index < -0.39 is 4.92 Å². The first kappa shape index (κ1) is 23.8. The van der Waals surface area contributed by atoms with E-state index in [1.54, 1.807) is 60.7 Å². The number of hydrogen-bond donors (Lipinski definition) is 0. The predicted octanol–water partition coefficient (Wildman–Crippen LogP) is 6.72. The zero-order chi connectivity index (χ0) is 24.2. The molecule has 0 N–H and O–H groups in total. The fourth-order valence-electron chi connectivity index (χ4n) is 3.15. The van der Waals surface area contributed by atoms with Crippen LogP contribution in [0.4, 0.5) is 10.5 Å². The van der Waals surface area contributed by atoms with Crippen LogP contribution in [-0.2, 0) is 17.9 Å². The lowest BCUT2D eigenvalue weighted by Crippen LogP contribution is -2.27. The van der Waals surface area contributed by atoms with Gasteiger partial charge in [0.15, 0.2) is 0 Å². The molecule has 3 aromatic rings. The molecule has 0 aliphatic carbocycles. The molecule has 3 aromatic carbocycles. The monoisotopic (exact) mass is 514 g/mol. The first-order chi connectivity index (χ1) is 16.3. The van der Waals surface area contributed by atoms with Gasteiger partial charge < -0.3 is 4.74 Å². The third-order valence-electron chi connectivity index (χ3n) is 4.95. The van der Waals surface area contributed by atoms with Crippen molar-refractivity contribution >= 4 is 57.9 Å². The number of halogens is 2. The number of benzene rings is 3. The Balaban J connectivity index is 1.39. The van der Waals surface area contributed by atoms with Gasteiger partial charge in [0.25, 0.3) is 16.8 Å². The van der Waals surface area contributed by atoms with Crippen molar-refractivity contribution in [1.29, 1.82) is 0 Å². The summed E-state index contributed by atoms with van der Waals surface area (Å²) in [5.74, 6) is 0.209. The highest BCUT2D eigenvalue weighted by Gasteiger charge is 2.35. The number of rotatable bonds is 7. The van der Waals surface area contributed by atoms with Gasteiger partial charge in [-0.2, -0.15) is 0 Å². The van der Waals surface area contributed by atoms with Gasteiger partial charge in [-0.05, 0) is 70.9 Å². The minimum atomic E-state index is -0.454. The Bertz CT molecular complexity index is 1290. The lowest BCUT2D eigenvalue weighted by Gasteiger charge is -2.13. The minimum absolute atomic E-state index is 0.0220. The molecule has 0 unspecified atom stereocenters. The third-order valence-corrected chi connectivity index (χ3v) is 6.44. The summed E-state index contributed by atoms with van der Waals surface area (Å²) in [5, 5.41) is 11.2. The number of nitrogens with zero attached hydrogens (tertiary/aromatic N) is 2. The number of carbonyl (C=O) groups is 2. The lowest BCUT2D eigenvalue weighted by atomic mass is 10.2. The van der Waals surface area contributed by atoms with Crippen LogP contribution in [0.25, 0.3) is 6.08 Å². The summed E-state index contributed by atoms with van der Waals surface area (Å²) in [6.07, 6.45) is 1.65. The van der Waals surface area contributed by atoms with Crippen molar-refractivity contribution in [3.05, 3.63) is 108 Å². The van der Waals surface area contributed by atoms with E-state index in [9.17, 15) is 19.7 Å². The van der Waals surface area contributed by atoms with Crippen LogP contribution in [0.15, 0.2) is 71.6 Å². The highest BCUT2D eigenvalue weighted by atomic mass is 35.5. The van der Waals surface area contributed by atoms with E-state index in [1.807, 2.05) is 0 Å². The standard InChI is InChI=1S/C24H16Cl2N2O5S/c25-18-6-5-17(21(26)12-18)13-27-23(29)22(34-24(27)30)11-15-3-9-20(10-4-15)33-14-16-1-7-19(8-2-16)28(31)32/h1-12H,13-14H2/b22-11-. The van der Waals surface area contributed by atoms with Crippen LogP contribution in [0.5, 0.6) is 5.75 Å². The van der Waals surface area contributed by atoms with Crippen LogP contribution < -0.4 is 4.74 Å². The van der Waals surface area contributed by atoms with Crippen LogP contribution in [0.3, 0.4) is 0 Å². The number of nitro benzene ring substituents is 1. The maximum atomic E-state index is 12.8. The second kappa shape index (κ2) is 10.3. The van der Waals surface area contributed by atoms with Gasteiger partial charge >= 0.3 is 0 Å². The quantitative estimate of drug-likeness (QED) is 0.197. The molecular weight excluding hydrogens is 499 g/mol. The molecule has 1 aliphatic rings. The van der Waals surface area contributed by atoms with E-state index in [0.29, 0.717) is 26.3 Å². The maximum Gasteiger partial charge on any atom is 0.293 e. The first-order valence-electron chi connectivity index (χ1n) is 9.95. The van der Waals surface area contributed by atoms with Crippen molar-refractivity contribution in [2.45, 2.75) is 13.2 Å². The van der Waals surface area contributed by atoms with E-state index in [2.05, 4.69) is 0 Å². The van der Waals surface area contributed by atoms with Gasteiger partial charge in [0.2, 0.25) is 0 Å². The van der Waals surface area contributed by atoms with Gasteiger partial charge in [-0.3, -0.25) is 24.6 Å². The summed E-state index contributed by atoms with van der Waals surface area (Å²) >= 11 is 13.0. The summed E-state index contributed by atoms with van der Waals surface area (Å²) in [4.78, 5) is 36.9. The third kappa shape index (κ3) is 5.59. The Labute approximate surface area is 209 Å². The fraction of sp³-hybridized carbons (Fsp3) is 0.0833. The molecule has 1 saturated heterocycles. The van der Waals surface area contributed by atoms with Crippen LogP contribution in [0.1, 0.15) is 16.7 Å². The van der Waals surface area contributed by atoms with Crippen LogP contribution in [0, 0.1) is 10.1 Å². The zero-order valence-corrected chi connectivity index (χ0v) is 19.8. The van der Waals surface area contributed by atoms with Crippen molar-refractivity contribution in [2.75, 3.05) is 0 Å². The molecule has 0 radical (unpaired) electrons. The fourth-order valence-corrected chi connectivity index (χ4v) is 4.46. The van der Waals surface area contributed by atoms with Crippen molar-refractivity contribution in [3.63, 3.8) is 0 Å². The molecule has 1 aliphatic heterocycles. The topological polar surface area (TPSA) is 89.7 Å². The van der Waals surface area contributed by atoms with Crippen LogP contribution in [-0.4, -0.2) is 21.0 Å². The highest BCUT2D eigenvalue weighted by Crippen LogP contribution is 2.34. The SMILES string of the molecule is O=C1S/C(=C\c2ccc(OCc3ccc([N+](=O)[O-])cc3)cc2)C(=O)N1Cc1ccc(Cl)cc1Cl. The van der Waals surface area contributed by atoms with Gasteiger partial charge in [-0.15, -0.1) is 0 Å². The molecule has 0 atom stereocenters. The molecule has 1 heterocycles. The zero-order valence-electron chi connectivity index (χ0n) is 17.4. The first-order valence-corrected chi connectivity index (χ1v) is 11.5. The van der Waals surface area contributed by atoms with Crippen molar-refractivity contribution in [1.82, 2.24) is 4.90 Å². The molecule has 172 valence electrons. The Morgan fingerprint density at radius 1 is 1.00 bits per heavy atom. The molecule has 0 spiro atoms. The average Bonchev–Trinajstić information content (AvgIpc) is 3.07. The van der Waals surface area contributed by atoms with Gasteiger partial charge in [0.05, 0.1) is 16.4 Å². The second-order valence-electron chi connectivity index (χ2n) is 7.28. The van der Waals surface area contributed by atoms with Gasteiger partial charge in [-0.1, -0.05) is 41.4 Å². The molecular formula is C24H16Cl2N2O5S. The summed E-state index contributed by atoms with van der Waals surface area (Å²) in [6, 6.07) is 18.1. The Morgan fingerprint density at radius 3 is 2.35 bits per heavy atom. The van der Waals surface area contributed by atoms with Gasteiger partial charge in [0.1, 0.15) is 12.4 Å². The molecule has 7 nitrogen and oxygen atoms in total. The lowest BCUT2D eigenvalue weighted by molar-refractivity contribution is -0.384. The van der Waals surface area contributed by atoms with Gasteiger partial charge in [-0.25, -0.2) is 0 Å². The number of thioether (sulfide) groups is 1. The number of carbonyl (C=O) groups excluding carboxylic acids is 2. The van der Waals surface area contributed by atoms with E-state index in [4.69, 9.17) is 27.9 Å². The largest absolute Gasteiger partial charge is 0.489 e. The molecule has 10 heteroatoms. The molecule has 4 rings (SSSR count). The molecule has 0 bridgehead atoms. The molecule has 34 heavy (non-hydrogen) atoms. The molecule has 2 amide bonds. The number of amides is 2. The maximum absolute atomic E-state index is 12.8. The molecule has 0 saturated carbocycles. The number of imide groups is 1. The normalized spacial score (nSPS) is 14.6. The summed E-state index contributed by atoms with van der Waals surface area (Å²) in [6.45, 7) is 0.316. The molecule has 1 fully saturated rings. The van der Waals surface area contributed by atoms with E-state index in [1.165, 1.54) is 12.1 Å². The highest BCUT2D eigenvalue weighted by molar-refractivity contribution is 8.18. The van der Waals surface area contributed by atoms with Gasteiger partial charge in [0, 0.05) is 22.2 Å². The molecule has 0 aromatic heterocycles. The van der Waals surface area contributed by atoms with Crippen molar-refractivity contribution in [2.24, 2.45) is 0 Å². The van der Waals surface area contributed by atoms with E-state index in [0.717, 1.165) is 27.8 Å². The Hall–Kier alpha value is -3.33. The van der Waals surface area contributed by atoms with E-state index in [-0.39, 0.29) is 30.0 Å². The van der Waals surface area contributed by atoms with Crippen molar-refractivity contribution in [3.8, 4) is 5.75 Å². The van der Waals surface area contributed by atoms with E-state index >= 15 is 0 Å². The predicted molar refractivity (Wildman–Crippen MR) is 132 cm³/mol. The van der Waals surface area contributed by atoms with Crippen LogP contribution >= 0.6 is 35.0 Å². The number of hydrogen-bond acceptors (Lipinski definition) is 6. The Kier molecular flexibility index (Phi) is 7.21. The Morgan fingerprint density at radius 2 is 1.71 bits per heavy atom. The smallest absolute Gasteiger partial charge is 0.293 e. The average molecular weight is 515 g/mol. The summed E-state index contributed by atoms with van der Waals surface area (Å²) in [7, 11) is 0. The number of non-ortho nitro benzene ring substituents is 1. The van der Waals surface area contributed by atoms with Crippen molar-refractivity contribution < 1.29 is 19.2 Å². The number of ether oxygens (including phenoxy) is 1. The second-order valence-corrected chi connectivity index (χ2v) is 9.12. The minimum Gasteiger partial charge on any atom is -0.489 e. The summed E-state index contributed by atoms with van der Waals surface area (Å²) < 4.78 is 5.71. The van der Waals surface area contributed by atoms with Crippen LogP contribution in [0.2, 0.25) is 10.0 Å². The summed E-state index contributed by atoms with van der Waals surface area (Å²) in [5.41, 5.74) is 2.18.